The Morgan fingerprint density at radius 2 is 1.74 bits per heavy atom. The third kappa shape index (κ3) is 3.56. The van der Waals surface area contributed by atoms with Crippen molar-refractivity contribution in [3.05, 3.63) is 0 Å². The van der Waals surface area contributed by atoms with Crippen LogP contribution in [0.2, 0.25) is 0 Å². The maximum absolute atomic E-state index is 12.3. The van der Waals surface area contributed by atoms with Crippen LogP contribution in [0.3, 0.4) is 0 Å². The molecule has 0 aromatic carbocycles. The molecule has 19 heavy (non-hydrogen) atoms. The van der Waals surface area contributed by atoms with E-state index in [9.17, 15) is 9.59 Å². The van der Waals surface area contributed by atoms with Crippen molar-refractivity contribution in [1.29, 1.82) is 0 Å². The highest BCUT2D eigenvalue weighted by Gasteiger charge is 2.47. The van der Waals surface area contributed by atoms with Crippen molar-refractivity contribution in [3.8, 4) is 0 Å². The second-order valence-electron chi connectivity index (χ2n) is 7.86. The average molecular weight is 266 g/mol. The molecule has 2 rings (SSSR count). The fourth-order valence-corrected chi connectivity index (χ4v) is 3.33. The van der Waals surface area contributed by atoms with E-state index in [1.165, 1.54) is 4.90 Å². The second kappa shape index (κ2) is 4.58. The molecule has 1 saturated carbocycles. The van der Waals surface area contributed by atoms with E-state index < -0.39 is 0 Å². The largest absolute Gasteiger partial charge is 0.300 e. The Morgan fingerprint density at radius 3 is 2.21 bits per heavy atom. The van der Waals surface area contributed by atoms with Crippen LogP contribution in [0.4, 0.5) is 0 Å². The minimum Gasteiger partial charge on any atom is -0.300 e. The quantitative estimate of drug-likeness (QED) is 0.793. The van der Waals surface area contributed by atoms with E-state index in [0.29, 0.717) is 6.42 Å². The van der Waals surface area contributed by atoms with Crippen molar-refractivity contribution < 1.29 is 9.59 Å². The molecule has 1 heterocycles. The Morgan fingerprint density at radius 1 is 1.16 bits per heavy atom. The van der Waals surface area contributed by atoms with Crippen molar-refractivity contribution >= 4 is 11.8 Å². The highest BCUT2D eigenvalue weighted by atomic mass is 16.2. The van der Waals surface area contributed by atoms with Gasteiger partial charge in [0.15, 0.2) is 0 Å². The van der Waals surface area contributed by atoms with Crippen LogP contribution in [0.1, 0.15) is 60.3 Å². The highest BCUT2D eigenvalue weighted by Crippen LogP contribution is 2.33. The molecule has 1 unspecified atom stereocenters. The van der Waals surface area contributed by atoms with Gasteiger partial charge in [0.1, 0.15) is 0 Å². The lowest BCUT2D eigenvalue weighted by Gasteiger charge is -2.35. The van der Waals surface area contributed by atoms with Crippen molar-refractivity contribution in [2.45, 2.75) is 77.9 Å². The Hall–Kier alpha value is -0.900. The molecule has 0 aromatic heterocycles. The highest BCUT2D eigenvalue weighted by molar-refractivity contribution is 6.06. The number of hydrogen-bond acceptors (Lipinski definition) is 3. The lowest BCUT2D eigenvalue weighted by Crippen LogP contribution is -2.51. The molecule has 4 heteroatoms. The van der Waals surface area contributed by atoms with Crippen LogP contribution in [0.15, 0.2) is 0 Å². The number of nitrogens with zero attached hydrogens (tertiary/aromatic N) is 1. The molecular formula is C15H26N2O2. The van der Waals surface area contributed by atoms with Gasteiger partial charge in [-0.25, -0.2) is 0 Å². The molecule has 2 aliphatic rings. The van der Waals surface area contributed by atoms with Crippen LogP contribution in [0.5, 0.6) is 0 Å². The van der Waals surface area contributed by atoms with Gasteiger partial charge < -0.3 is 5.32 Å². The third-order valence-electron chi connectivity index (χ3n) is 3.63. The standard InChI is InChI=1S/C15H26N2O2/c1-14(2,3)9-15(4,5)16-11-8-12(18)17(13(11)19)10-6-7-10/h10-11,16H,6-9H2,1-5H3. The normalized spacial score (nSPS) is 25.3. The monoisotopic (exact) mass is 266 g/mol. The van der Waals surface area contributed by atoms with Gasteiger partial charge in [-0.15, -0.1) is 0 Å². The number of carbonyl (C=O) groups is 2. The zero-order valence-electron chi connectivity index (χ0n) is 12.7. The van der Waals surface area contributed by atoms with Crippen molar-refractivity contribution in [3.63, 3.8) is 0 Å². The summed E-state index contributed by atoms with van der Waals surface area (Å²) in [6.45, 7) is 10.8. The first-order valence-electron chi connectivity index (χ1n) is 7.23. The molecule has 1 aliphatic heterocycles. The Labute approximate surface area is 115 Å². The van der Waals surface area contributed by atoms with Crippen molar-refractivity contribution in [2.75, 3.05) is 0 Å². The van der Waals surface area contributed by atoms with Gasteiger partial charge in [0, 0.05) is 11.6 Å². The fourth-order valence-electron chi connectivity index (χ4n) is 3.33. The number of carbonyl (C=O) groups excluding carboxylic acids is 2. The minimum absolute atomic E-state index is 0.00319. The number of likely N-dealkylation sites (tertiary alicyclic amines) is 1. The fraction of sp³-hybridized carbons (Fsp3) is 0.867. The van der Waals surface area contributed by atoms with E-state index in [1.54, 1.807) is 0 Å². The Balaban J connectivity index is 1.99. The number of rotatable bonds is 4. The first kappa shape index (κ1) is 14.5. The van der Waals surface area contributed by atoms with Gasteiger partial charge in [-0.2, -0.15) is 0 Å². The predicted molar refractivity (Wildman–Crippen MR) is 74.6 cm³/mol. The summed E-state index contributed by atoms with van der Waals surface area (Å²) in [5.41, 5.74) is 0.0523. The Bertz CT molecular complexity index is 391. The third-order valence-corrected chi connectivity index (χ3v) is 3.63. The summed E-state index contributed by atoms with van der Waals surface area (Å²) >= 11 is 0. The molecule has 0 bridgehead atoms. The van der Waals surface area contributed by atoms with Gasteiger partial charge in [-0.05, 0) is 38.5 Å². The first-order chi connectivity index (χ1) is 8.59. The van der Waals surface area contributed by atoms with Crippen molar-refractivity contribution in [2.24, 2.45) is 5.41 Å². The summed E-state index contributed by atoms with van der Waals surface area (Å²) in [6.07, 6.45) is 3.25. The summed E-state index contributed by atoms with van der Waals surface area (Å²) < 4.78 is 0. The van der Waals surface area contributed by atoms with E-state index in [2.05, 4.69) is 39.9 Å². The van der Waals surface area contributed by atoms with E-state index in [0.717, 1.165) is 19.3 Å². The van der Waals surface area contributed by atoms with Gasteiger partial charge in [-0.3, -0.25) is 14.5 Å². The topological polar surface area (TPSA) is 49.4 Å². The lowest BCUT2D eigenvalue weighted by atomic mass is 9.81. The molecule has 2 fully saturated rings. The summed E-state index contributed by atoms with van der Waals surface area (Å²) in [4.78, 5) is 25.7. The molecule has 1 atom stereocenters. The van der Waals surface area contributed by atoms with Crippen LogP contribution >= 0.6 is 0 Å². The minimum atomic E-state index is -0.328. The maximum atomic E-state index is 12.3. The molecule has 0 aromatic rings. The smallest absolute Gasteiger partial charge is 0.247 e. The molecule has 2 amide bonds. The van der Waals surface area contributed by atoms with Gasteiger partial charge in [0.25, 0.3) is 0 Å². The van der Waals surface area contributed by atoms with Crippen LogP contribution in [0, 0.1) is 5.41 Å². The first-order valence-corrected chi connectivity index (χ1v) is 7.23. The molecule has 1 aliphatic carbocycles. The molecule has 108 valence electrons. The molecule has 1 saturated heterocycles. The molecule has 0 spiro atoms. The van der Waals surface area contributed by atoms with Crippen LogP contribution in [-0.2, 0) is 9.59 Å². The summed E-state index contributed by atoms with van der Waals surface area (Å²) in [5.74, 6) is -0.0222. The zero-order chi connectivity index (χ0) is 14.4. The number of imide groups is 1. The van der Waals surface area contributed by atoms with Gasteiger partial charge in [-0.1, -0.05) is 20.8 Å². The van der Waals surface area contributed by atoms with E-state index in [-0.39, 0.29) is 34.9 Å². The van der Waals surface area contributed by atoms with Crippen LogP contribution in [-0.4, -0.2) is 34.3 Å². The van der Waals surface area contributed by atoms with E-state index in [1.807, 2.05) is 0 Å². The number of nitrogens with one attached hydrogen (secondary N) is 1. The second-order valence-corrected chi connectivity index (χ2v) is 7.86. The van der Waals surface area contributed by atoms with E-state index >= 15 is 0 Å². The average Bonchev–Trinajstić information content (AvgIpc) is 2.92. The summed E-state index contributed by atoms with van der Waals surface area (Å²) in [7, 11) is 0. The predicted octanol–water partition coefficient (Wildman–Crippen LogP) is 2.08. The van der Waals surface area contributed by atoms with Crippen LogP contribution in [0.25, 0.3) is 0 Å². The SMILES string of the molecule is CC(C)(C)CC(C)(C)NC1CC(=O)N(C2CC2)C1=O. The molecule has 4 nitrogen and oxygen atoms in total. The summed E-state index contributed by atoms with van der Waals surface area (Å²) in [5, 5.41) is 3.39. The van der Waals surface area contributed by atoms with Gasteiger partial charge in [0.2, 0.25) is 11.8 Å². The van der Waals surface area contributed by atoms with Crippen molar-refractivity contribution in [1.82, 2.24) is 10.2 Å². The summed E-state index contributed by atoms with van der Waals surface area (Å²) in [6, 6.07) is -0.136. The molecular weight excluding hydrogens is 240 g/mol. The van der Waals surface area contributed by atoms with E-state index in [4.69, 9.17) is 0 Å². The van der Waals surface area contributed by atoms with Gasteiger partial charge in [0.05, 0.1) is 12.5 Å². The molecule has 1 N–H and O–H groups in total. The van der Waals surface area contributed by atoms with Gasteiger partial charge >= 0.3 is 0 Å². The zero-order valence-corrected chi connectivity index (χ0v) is 12.7. The lowest BCUT2D eigenvalue weighted by molar-refractivity contribution is -0.139. The number of hydrogen-bond donors (Lipinski definition) is 1. The van der Waals surface area contributed by atoms with Crippen LogP contribution < -0.4 is 5.32 Å². The number of amides is 2. The molecule has 0 radical (unpaired) electrons. The Kier molecular flexibility index (Phi) is 3.50. The maximum Gasteiger partial charge on any atom is 0.247 e.